The molecule has 196 valence electrons. The van der Waals surface area contributed by atoms with E-state index in [0.29, 0.717) is 16.8 Å². The Morgan fingerprint density at radius 1 is 0.795 bits per heavy atom. The van der Waals surface area contributed by atoms with Gasteiger partial charge in [-0.05, 0) is 53.1 Å². The molecule has 1 saturated heterocycles. The molecule has 2 N–H and O–H groups in total. The second-order valence-electron chi connectivity index (χ2n) is 9.15. The Morgan fingerprint density at radius 3 is 2.10 bits per heavy atom. The molecule has 0 bridgehead atoms. The number of carbonyl (C=O) groups is 3. The summed E-state index contributed by atoms with van der Waals surface area (Å²) in [5.74, 6) is -1.01. The van der Waals surface area contributed by atoms with Crippen molar-refractivity contribution in [2.75, 3.05) is 5.32 Å². The number of carbonyl (C=O) groups excluding carboxylic acids is 3. The minimum absolute atomic E-state index is 0.167. The number of ether oxygens (including phenoxy) is 1. The van der Waals surface area contributed by atoms with Gasteiger partial charge < -0.3 is 15.4 Å². The maximum absolute atomic E-state index is 13.5. The van der Waals surface area contributed by atoms with Crippen LogP contribution in [0.1, 0.15) is 33.2 Å². The molecule has 4 aromatic carbocycles. The summed E-state index contributed by atoms with van der Waals surface area (Å²) < 4.78 is 19.0. The van der Waals surface area contributed by atoms with Gasteiger partial charge >= 0.3 is 6.09 Å². The highest BCUT2D eigenvalue weighted by atomic mass is 19.1. The summed E-state index contributed by atoms with van der Waals surface area (Å²) in [7, 11) is 0. The molecule has 0 unspecified atom stereocenters. The molecule has 0 aromatic heterocycles. The summed E-state index contributed by atoms with van der Waals surface area (Å²) in [6.45, 7) is 0.357. The topological polar surface area (TPSA) is 87.7 Å². The van der Waals surface area contributed by atoms with Crippen LogP contribution in [0.4, 0.5) is 14.9 Å². The SMILES string of the molecule is O=C(Nc1ccc([C@H]2OC(=O)N(Cc3ccccc3)[C@H]2C(=O)NCc2ccc(F)cc2)cc1)c1ccccc1. The van der Waals surface area contributed by atoms with Gasteiger partial charge in [-0.2, -0.15) is 0 Å². The quantitative estimate of drug-likeness (QED) is 0.321. The van der Waals surface area contributed by atoms with Gasteiger partial charge in [0.05, 0.1) is 6.54 Å². The first kappa shape index (κ1) is 25.7. The van der Waals surface area contributed by atoms with Crippen LogP contribution in [-0.4, -0.2) is 28.8 Å². The van der Waals surface area contributed by atoms with Crippen LogP contribution in [0, 0.1) is 5.82 Å². The van der Waals surface area contributed by atoms with Crippen molar-refractivity contribution in [2.45, 2.75) is 25.2 Å². The minimum Gasteiger partial charge on any atom is -0.438 e. The highest BCUT2D eigenvalue weighted by Crippen LogP contribution is 2.34. The first-order valence-electron chi connectivity index (χ1n) is 12.5. The summed E-state index contributed by atoms with van der Waals surface area (Å²) in [6.07, 6.45) is -1.47. The Bertz CT molecular complexity index is 1450. The number of halogens is 1. The van der Waals surface area contributed by atoms with E-state index < -0.39 is 24.1 Å². The third-order valence-electron chi connectivity index (χ3n) is 6.46. The molecule has 0 saturated carbocycles. The first-order valence-corrected chi connectivity index (χ1v) is 12.5. The average molecular weight is 524 g/mol. The highest BCUT2D eigenvalue weighted by Gasteiger charge is 2.46. The molecule has 2 atom stereocenters. The van der Waals surface area contributed by atoms with Gasteiger partial charge in [0.15, 0.2) is 12.1 Å². The first-order chi connectivity index (χ1) is 19.0. The van der Waals surface area contributed by atoms with E-state index in [1.165, 1.54) is 17.0 Å². The molecule has 39 heavy (non-hydrogen) atoms. The van der Waals surface area contributed by atoms with Crippen LogP contribution in [0.3, 0.4) is 0 Å². The van der Waals surface area contributed by atoms with Gasteiger partial charge in [-0.3, -0.25) is 14.5 Å². The summed E-state index contributed by atoms with van der Waals surface area (Å²) in [6, 6.07) is 30.0. The zero-order valence-electron chi connectivity index (χ0n) is 20.9. The summed E-state index contributed by atoms with van der Waals surface area (Å²) in [5, 5.41) is 5.70. The van der Waals surface area contributed by atoms with Crippen molar-refractivity contribution in [1.29, 1.82) is 0 Å². The van der Waals surface area contributed by atoms with Gasteiger partial charge in [-0.25, -0.2) is 9.18 Å². The Morgan fingerprint density at radius 2 is 1.44 bits per heavy atom. The average Bonchev–Trinajstić information content (AvgIpc) is 3.29. The Kier molecular flexibility index (Phi) is 7.63. The van der Waals surface area contributed by atoms with E-state index in [4.69, 9.17) is 4.74 Å². The van der Waals surface area contributed by atoms with E-state index >= 15 is 0 Å². The van der Waals surface area contributed by atoms with Crippen LogP contribution >= 0.6 is 0 Å². The number of anilines is 1. The zero-order chi connectivity index (χ0) is 27.2. The molecule has 0 radical (unpaired) electrons. The molecule has 1 aliphatic rings. The van der Waals surface area contributed by atoms with Gasteiger partial charge in [0.25, 0.3) is 5.91 Å². The van der Waals surface area contributed by atoms with Crippen LogP contribution in [0.15, 0.2) is 109 Å². The van der Waals surface area contributed by atoms with Crippen molar-refractivity contribution < 1.29 is 23.5 Å². The second kappa shape index (κ2) is 11.6. The monoisotopic (exact) mass is 523 g/mol. The smallest absolute Gasteiger partial charge is 0.411 e. The normalized spacial score (nSPS) is 16.4. The van der Waals surface area contributed by atoms with Crippen LogP contribution in [0.5, 0.6) is 0 Å². The maximum Gasteiger partial charge on any atom is 0.411 e. The maximum atomic E-state index is 13.5. The number of rotatable bonds is 8. The van der Waals surface area contributed by atoms with E-state index in [2.05, 4.69) is 10.6 Å². The van der Waals surface area contributed by atoms with E-state index in [0.717, 1.165) is 11.1 Å². The van der Waals surface area contributed by atoms with Crippen molar-refractivity contribution in [2.24, 2.45) is 0 Å². The van der Waals surface area contributed by atoms with Crippen molar-refractivity contribution in [3.63, 3.8) is 0 Å². The van der Waals surface area contributed by atoms with E-state index in [1.807, 2.05) is 36.4 Å². The van der Waals surface area contributed by atoms with Gasteiger partial charge in [0.1, 0.15) is 5.82 Å². The fourth-order valence-electron chi connectivity index (χ4n) is 4.44. The number of nitrogens with one attached hydrogen (secondary N) is 2. The van der Waals surface area contributed by atoms with E-state index in [1.54, 1.807) is 60.7 Å². The van der Waals surface area contributed by atoms with Crippen molar-refractivity contribution in [1.82, 2.24) is 10.2 Å². The molecule has 4 aromatic rings. The number of hydrogen-bond acceptors (Lipinski definition) is 4. The van der Waals surface area contributed by atoms with Gasteiger partial charge in [0, 0.05) is 17.8 Å². The molecular weight excluding hydrogens is 497 g/mol. The number of nitrogens with zero attached hydrogens (tertiary/aromatic N) is 1. The molecule has 1 fully saturated rings. The lowest BCUT2D eigenvalue weighted by atomic mass is 10.00. The number of benzene rings is 4. The largest absolute Gasteiger partial charge is 0.438 e. The Labute approximate surface area is 225 Å². The fourth-order valence-corrected chi connectivity index (χ4v) is 4.44. The standard InChI is InChI=1S/C31H26FN3O4/c32-25-15-11-21(12-16-25)19-33-30(37)27-28(39-31(38)35(27)20-22-7-3-1-4-8-22)23-13-17-26(18-14-23)34-29(36)24-9-5-2-6-10-24/h1-18,27-28H,19-20H2,(H,33,37)(H,34,36)/t27-,28-/m1/s1. The van der Waals surface area contributed by atoms with Crippen molar-refractivity contribution >= 4 is 23.6 Å². The van der Waals surface area contributed by atoms with E-state index in [-0.39, 0.29) is 24.8 Å². The zero-order valence-corrected chi connectivity index (χ0v) is 20.9. The number of amides is 3. The lowest BCUT2D eigenvalue weighted by Gasteiger charge is -2.24. The highest BCUT2D eigenvalue weighted by molar-refractivity contribution is 6.04. The molecule has 1 aliphatic heterocycles. The molecule has 5 rings (SSSR count). The fraction of sp³-hybridized carbons (Fsp3) is 0.129. The summed E-state index contributed by atoms with van der Waals surface area (Å²) in [4.78, 5) is 40.4. The van der Waals surface area contributed by atoms with Crippen LogP contribution < -0.4 is 10.6 Å². The molecule has 7 nitrogen and oxygen atoms in total. The third kappa shape index (κ3) is 6.13. The van der Waals surface area contributed by atoms with Crippen LogP contribution in [-0.2, 0) is 22.6 Å². The number of hydrogen-bond donors (Lipinski definition) is 2. The van der Waals surface area contributed by atoms with Gasteiger partial charge in [0.2, 0.25) is 5.91 Å². The molecule has 1 heterocycles. The second-order valence-corrected chi connectivity index (χ2v) is 9.15. The van der Waals surface area contributed by atoms with Crippen molar-refractivity contribution in [3.8, 4) is 0 Å². The van der Waals surface area contributed by atoms with E-state index in [9.17, 15) is 18.8 Å². The van der Waals surface area contributed by atoms with Crippen molar-refractivity contribution in [3.05, 3.63) is 137 Å². The summed E-state index contributed by atoms with van der Waals surface area (Å²) >= 11 is 0. The molecule has 0 spiro atoms. The Balaban J connectivity index is 1.36. The predicted octanol–water partition coefficient (Wildman–Crippen LogP) is 5.46. The summed E-state index contributed by atoms with van der Waals surface area (Å²) in [5.41, 5.74) is 3.28. The minimum atomic E-state index is -0.942. The van der Waals surface area contributed by atoms with Crippen LogP contribution in [0.2, 0.25) is 0 Å². The number of cyclic esters (lactones) is 1. The lowest BCUT2D eigenvalue weighted by molar-refractivity contribution is -0.126. The van der Waals surface area contributed by atoms with Gasteiger partial charge in [-0.15, -0.1) is 0 Å². The molecular formula is C31H26FN3O4. The lowest BCUT2D eigenvalue weighted by Crippen LogP contribution is -2.46. The molecule has 3 amide bonds. The Hall–Kier alpha value is -4.98. The van der Waals surface area contributed by atoms with Crippen LogP contribution in [0.25, 0.3) is 0 Å². The molecule has 0 aliphatic carbocycles. The third-order valence-corrected chi connectivity index (χ3v) is 6.46. The molecule has 8 heteroatoms. The van der Waals surface area contributed by atoms with Gasteiger partial charge in [-0.1, -0.05) is 72.8 Å². The predicted molar refractivity (Wildman–Crippen MR) is 144 cm³/mol.